The molecule has 138 valence electrons. The first-order chi connectivity index (χ1) is 12.4. The number of aromatic nitrogens is 3. The molecule has 1 spiro atoms. The fraction of sp³-hybridized carbons (Fsp3) is 0.650. The van der Waals surface area contributed by atoms with Crippen molar-refractivity contribution in [2.45, 2.75) is 57.0 Å². The van der Waals surface area contributed by atoms with E-state index in [9.17, 15) is 9.90 Å². The van der Waals surface area contributed by atoms with Crippen LogP contribution in [0.4, 0.5) is 0 Å². The van der Waals surface area contributed by atoms with Gasteiger partial charge in [-0.3, -0.25) is 4.79 Å². The van der Waals surface area contributed by atoms with E-state index in [1.54, 1.807) is 12.5 Å². The number of nitrogens with zero attached hydrogens (tertiary/aromatic N) is 4. The topological polar surface area (TPSA) is 70.7 Å². The normalized spacial score (nSPS) is 31.0. The van der Waals surface area contributed by atoms with Crippen molar-refractivity contribution in [1.29, 1.82) is 0 Å². The van der Waals surface area contributed by atoms with E-state index in [2.05, 4.69) is 11.1 Å². The van der Waals surface area contributed by atoms with Crippen LogP contribution in [0.5, 0.6) is 0 Å². The molecule has 1 N–H and O–H groups in total. The maximum Gasteiger partial charge on any atom is 0.225 e. The van der Waals surface area contributed by atoms with Gasteiger partial charge in [0.25, 0.3) is 0 Å². The van der Waals surface area contributed by atoms with Crippen molar-refractivity contribution >= 4 is 11.4 Å². The third-order valence-electron chi connectivity index (χ3n) is 6.84. The van der Waals surface area contributed by atoms with Gasteiger partial charge in [-0.2, -0.15) is 5.10 Å². The van der Waals surface area contributed by atoms with Crippen molar-refractivity contribution in [3.8, 4) is 0 Å². The van der Waals surface area contributed by atoms with Crippen LogP contribution in [0.25, 0.3) is 5.52 Å². The standard InChI is InChI=1S/C20H26N4O2/c1-19(26)9-15(10-19)18(25)23-11-20(12-23)5-2-14(3-6-20)17-8-16-4-7-21-13-24(16)22-17/h4,7-8,13-15,26H,2-3,5-6,9-12H2,1H3. The molecule has 0 unspecified atom stereocenters. The van der Waals surface area contributed by atoms with Crippen LogP contribution >= 0.6 is 0 Å². The van der Waals surface area contributed by atoms with E-state index in [1.165, 1.54) is 18.5 Å². The molecule has 26 heavy (non-hydrogen) atoms. The highest BCUT2D eigenvalue weighted by molar-refractivity contribution is 5.81. The quantitative estimate of drug-likeness (QED) is 0.899. The average molecular weight is 354 g/mol. The van der Waals surface area contributed by atoms with Crippen LogP contribution in [-0.4, -0.2) is 49.2 Å². The maximum absolute atomic E-state index is 12.5. The molecular formula is C20H26N4O2. The summed E-state index contributed by atoms with van der Waals surface area (Å²) in [5.41, 5.74) is 1.99. The van der Waals surface area contributed by atoms with Crippen LogP contribution in [0, 0.1) is 11.3 Å². The van der Waals surface area contributed by atoms with E-state index in [4.69, 9.17) is 5.10 Å². The first kappa shape index (κ1) is 16.2. The number of hydrogen-bond donors (Lipinski definition) is 1. The van der Waals surface area contributed by atoms with Crippen molar-refractivity contribution in [1.82, 2.24) is 19.5 Å². The van der Waals surface area contributed by atoms with Gasteiger partial charge in [0, 0.05) is 36.5 Å². The Bertz CT molecular complexity index is 801. The molecule has 0 bridgehead atoms. The Labute approximate surface area is 153 Å². The molecule has 6 nitrogen and oxygen atoms in total. The van der Waals surface area contributed by atoms with Crippen molar-refractivity contribution in [2.75, 3.05) is 13.1 Å². The van der Waals surface area contributed by atoms with Crippen molar-refractivity contribution in [3.63, 3.8) is 0 Å². The number of rotatable bonds is 2. The summed E-state index contributed by atoms with van der Waals surface area (Å²) in [5.74, 6) is 0.828. The fourth-order valence-corrected chi connectivity index (χ4v) is 5.26. The summed E-state index contributed by atoms with van der Waals surface area (Å²) in [6, 6.07) is 4.18. The molecule has 2 aliphatic carbocycles. The van der Waals surface area contributed by atoms with Gasteiger partial charge < -0.3 is 10.0 Å². The molecule has 1 aliphatic heterocycles. The summed E-state index contributed by atoms with van der Waals surface area (Å²) in [5, 5.41) is 14.5. The van der Waals surface area contributed by atoms with Crippen LogP contribution in [0.15, 0.2) is 24.7 Å². The molecule has 6 heteroatoms. The lowest BCUT2D eigenvalue weighted by Crippen LogP contribution is -2.62. The van der Waals surface area contributed by atoms with Crippen LogP contribution in [-0.2, 0) is 4.79 Å². The van der Waals surface area contributed by atoms with Crippen molar-refractivity contribution in [3.05, 3.63) is 30.4 Å². The predicted octanol–water partition coefficient (Wildman–Crippen LogP) is 2.38. The number of likely N-dealkylation sites (tertiary alicyclic amines) is 1. The van der Waals surface area contributed by atoms with Gasteiger partial charge in [0.1, 0.15) is 6.33 Å². The van der Waals surface area contributed by atoms with Crippen LogP contribution < -0.4 is 0 Å². The van der Waals surface area contributed by atoms with Gasteiger partial charge in [-0.05, 0) is 57.6 Å². The summed E-state index contributed by atoms with van der Waals surface area (Å²) in [6.45, 7) is 3.64. The highest BCUT2D eigenvalue weighted by Gasteiger charge is 2.51. The first-order valence-electron chi connectivity index (χ1n) is 9.74. The molecular weight excluding hydrogens is 328 g/mol. The number of hydrogen-bond acceptors (Lipinski definition) is 4. The van der Waals surface area contributed by atoms with Crippen molar-refractivity contribution < 1.29 is 9.90 Å². The van der Waals surface area contributed by atoms with Crippen molar-refractivity contribution in [2.24, 2.45) is 11.3 Å². The lowest BCUT2D eigenvalue weighted by atomic mass is 9.64. The molecule has 2 aromatic rings. The molecule has 0 atom stereocenters. The predicted molar refractivity (Wildman–Crippen MR) is 96.6 cm³/mol. The number of amides is 1. The van der Waals surface area contributed by atoms with Crippen LogP contribution in [0.3, 0.4) is 0 Å². The molecule has 1 amide bonds. The van der Waals surface area contributed by atoms with Gasteiger partial charge in [0.2, 0.25) is 5.91 Å². The van der Waals surface area contributed by atoms with Gasteiger partial charge in [0.05, 0.1) is 16.8 Å². The summed E-state index contributed by atoms with van der Waals surface area (Å²) < 4.78 is 1.86. The zero-order chi connectivity index (χ0) is 17.9. The van der Waals surface area contributed by atoms with E-state index in [0.717, 1.165) is 31.4 Å². The number of fused-ring (bicyclic) bond motifs is 1. The van der Waals surface area contributed by atoms with E-state index >= 15 is 0 Å². The fourth-order valence-electron chi connectivity index (χ4n) is 5.26. The largest absolute Gasteiger partial charge is 0.390 e. The third kappa shape index (κ3) is 2.62. The van der Waals surface area contributed by atoms with Gasteiger partial charge in [0.15, 0.2) is 0 Å². The third-order valence-corrected chi connectivity index (χ3v) is 6.84. The Morgan fingerprint density at radius 2 is 2.00 bits per heavy atom. The minimum atomic E-state index is -0.620. The van der Waals surface area contributed by atoms with E-state index in [1.807, 2.05) is 22.4 Å². The van der Waals surface area contributed by atoms with E-state index in [-0.39, 0.29) is 11.8 Å². The number of aliphatic hydroxyl groups is 1. The Morgan fingerprint density at radius 1 is 1.27 bits per heavy atom. The van der Waals surface area contributed by atoms with Gasteiger partial charge >= 0.3 is 0 Å². The van der Waals surface area contributed by atoms with Crippen LogP contribution in [0.1, 0.15) is 57.1 Å². The summed E-state index contributed by atoms with van der Waals surface area (Å²) in [4.78, 5) is 18.7. The highest BCUT2D eigenvalue weighted by atomic mass is 16.3. The zero-order valence-corrected chi connectivity index (χ0v) is 15.3. The van der Waals surface area contributed by atoms with Gasteiger partial charge in [-0.1, -0.05) is 0 Å². The molecule has 0 aromatic carbocycles. The Balaban J connectivity index is 1.17. The minimum absolute atomic E-state index is 0.0465. The lowest BCUT2D eigenvalue weighted by Gasteiger charge is -2.55. The van der Waals surface area contributed by atoms with E-state index < -0.39 is 5.60 Å². The lowest BCUT2D eigenvalue weighted by molar-refractivity contribution is -0.163. The molecule has 2 aromatic heterocycles. The van der Waals surface area contributed by atoms with Crippen LogP contribution in [0.2, 0.25) is 0 Å². The summed E-state index contributed by atoms with van der Waals surface area (Å²) in [7, 11) is 0. The number of carbonyl (C=O) groups is 1. The molecule has 0 radical (unpaired) electrons. The average Bonchev–Trinajstić information content (AvgIpc) is 3.01. The second-order valence-corrected chi connectivity index (χ2v) is 9.09. The molecule has 3 heterocycles. The van der Waals surface area contributed by atoms with E-state index in [0.29, 0.717) is 24.2 Å². The smallest absolute Gasteiger partial charge is 0.225 e. The molecule has 5 rings (SSSR count). The zero-order valence-electron chi connectivity index (χ0n) is 15.3. The van der Waals surface area contributed by atoms with Gasteiger partial charge in [-0.15, -0.1) is 0 Å². The molecule has 2 saturated carbocycles. The Morgan fingerprint density at radius 3 is 2.65 bits per heavy atom. The summed E-state index contributed by atoms with van der Waals surface area (Å²) >= 11 is 0. The number of carbonyl (C=O) groups excluding carboxylic acids is 1. The Kier molecular flexibility index (Phi) is 3.45. The summed E-state index contributed by atoms with van der Waals surface area (Å²) in [6.07, 6.45) is 9.47. The monoisotopic (exact) mass is 354 g/mol. The highest BCUT2D eigenvalue weighted by Crippen LogP contribution is 2.49. The van der Waals surface area contributed by atoms with Gasteiger partial charge in [-0.25, -0.2) is 9.50 Å². The SMILES string of the molecule is CC1(O)CC(C(=O)N2CC3(CCC(c4cc5ccncn5n4)CC3)C2)C1. The Hall–Kier alpha value is -1.95. The minimum Gasteiger partial charge on any atom is -0.390 e. The maximum atomic E-state index is 12.5. The first-order valence-corrected chi connectivity index (χ1v) is 9.74. The second kappa shape index (κ2) is 5.52. The molecule has 3 aliphatic rings. The second-order valence-electron chi connectivity index (χ2n) is 9.09. The molecule has 1 saturated heterocycles. The molecule has 3 fully saturated rings.